The number of carbonyl (C=O) groups is 2. The van der Waals surface area contributed by atoms with Gasteiger partial charge in [-0.1, -0.05) is 20.8 Å². The molecule has 0 aromatic rings. The van der Waals surface area contributed by atoms with Crippen LogP contribution in [0.4, 0.5) is 4.79 Å². The molecule has 0 heterocycles. The summed E-state index contributed by atoms with van der Waals surface area (Å²) in [6, 6.07) is -0.207. The molecular weight excluding hydrogens is 220 g/mol. The molecule has 100 valence electrons. The Bertz CT molecular complexity index is 254. The number of urea groups is 1. The minimum absolute atomic E-state index is 0.195. The number of carboxylic acid groups (broad SMARTS) is 1. The normalized spacial score (nSPS) is 12.3. The molecule has 2 amide bonds. The summed E-state index contributed by atoms with van der Waals surface area (Å²) in [6.07, 6.45) is 1.46. The molecule has 0 aliphatic rings. The van der Waals surface area contributed by atoms with Gasteiger partial charge in [-0.15, -0.1) is 0 Å². The van der Waals surface area contributed by atoms with Gasteiger partial charge in [-0.3, -0.25) is 4.79 Å². The van der Waals surface area contributed by atoms with Crippen LogP contribution >= 0.6 is 0 Å². The van der Waals surface area contributed by atoms with E-state index in [2.05, 4.69) is 5.32 Å². The minimum Gasteiger partial charge on any atom is -0.481 e. The molecule has 2 N–H and O–H groups in total. The lowest BCUT2D eigenvalue weighted by atomic mass is 9.97. The van der Waals surface area contributed by atoms with Gasteiger partial charge in [-0.05, 0) is 18.8 Å². The maximum absolute atomic E-state index is 11.6. The SMILES string of the molecule is CCCN(C)C(=O)NC[C@@H](CC(C)C)C(=O)O. The van der Waals surface area contributed by atoms with Gasteiger partial charge in [0.1, 0.15) is 0 Å². The lowest BCUT2D eigenvalue weighted by Crippen LogP contribution is -2.41. The minimum atomic E-state index is -0.850. The van der Waals surface area contributed by atoms with Crippen molar-refractivity contribution in [3.8, 4) is 0 Å². The number of hydrogen-bond donors (Lipinski definition) is 2. The van der Waals surface area contributed by atoms with E-state index in [1.165, 1.54) is 0 Å². The van der Waals surface area contributed by atoms with Crippen molar-refractivity contribution in [2.75, 3.05) is 20.1 Å². The van der Waals surface area contributed by atoms with Crippen LogP contribution in [0.1, 0.15) is 33.6 Å². The first-order valence-electron chi connectivity index (χ1n) is 6.10. The number of amides is 2. The zero-order valence-electron chi connectivity index (χ0n) is 11.2. The van der Waals surface area contributed by atoms with Crippen LogP contribution in [0.15, 0.2) is 0 Å². The van der Waals surface area contributed by atoms with Crippen molar-refractivity contribution in [2.24, 2.45) is 11.8 Å². The molecule has 0 aromatic carbocycles. The molecule has 0 radical (unpaired) electrons. The fourth-order valence-corrected chi connectivity index (χ4v) is 1.62. The van der Waals surface area contributed by atoms with Gasteiger partial charge in [-0.2, -0.15) is 0 Å². The first kappa shape index (κ1) is 15.7. The van der Waals surface area contributed by atoms with Crippen molar-refractivity contribution in [2.45, 2.75) is 33.6 Å². The molecule has 0 aromatic heterocycles. The molecule has 0 unspecified atom stereocenters. The number of hydrogen-bond acceptors (Lipinski definition) is 2. The molecule has 17 heavy (non-hydrogen) atoms. The summed E-state index contributed by atoms with van der Waals surface area (Å²) in [4.78, 5) is 24.1. The largest absolute Gasteiger partial charge is 0.481 e. The van der Waals surface area contributed by atoms with Crippen molar-refractivity contribution < 1.29 is 14.7 Å². The Balaban J connectivity index is 4.12. The third-order valence-corrected chi connectivity index (χ3v) is 2.51. The Labute approximate surface area is 103 Å². The van der Waals surface area contributed by atoms with E-state index in [1.54, 1.807) is 11.9 Å². The van der Waals surface area contributed by atoms with Gasteiger partial charge in [0.05, 0.1) is 5.92 Å². The van der Waals surface area contributed by atoms with E-state index < -0.39 is 11.9 Å². The quantitative estimate of drug-likeness (QED) is 0.717. The highest BCUT2D eigenvalue weighted by molar-refractivity contribution is 5.75. The second kappa shape index (κ2) is 7.92. The first-order chi connectivity index (χ1) is 7.88. The zero-order valence-corrected chi connectivity index (χ0v) is 11.2. The van der Waals surface area contributed by atoms with Gasteiger partial charge in [0.25, 0.3) is 0 Å². The lowest BCUT2D eigenvalue weighted by molar-refractivity contribution is -0.142. The van der Waals surface area contributed by atoms with Crippen LogP contribution in [0.2, 0.25) is 0 Å². The van der Waals surface area contributed by atoms with Gasteiger partial charge in [0.2, 0.25) is 0 Å². The fourth-order valence-electron chi connectivity index (χ4n) is 1.62. The summed E-state index contributed by atoms with van der Waals surface area (Å²) in [5.41, 5.74) is 0. The molecule has 5 nitrogen and oxygen atoms in total. The van der Waals surface area contributed by atoms with Gasteiger partial charge in [0.15, 0.2) is 0 Å². The van der Waals surface area contributed by atoms with Crippen LogP contribution in [0.25, 0.3) is 0 Å². The van der Waals surface area contributed by atoms with Gasteiger partial charge >= 0.3 is 12.0 Å². The molecule has 0 spiro atoms. The van der Waals surface area contributed by atoms with E-state index in [4.69, 9.17) is 5.11 Å². The predicted molar refractivity (Wildman–Crippen MR) is 66.9 cm³/mol. The second-order valence-electron chi connectivity index (χ2n) is 4.77. The molecule has 0 saturated heterocycles. The van der Waals surface area contributed by atoms with Gasteiger partial charge in [0, 0.05) is 20.1 Å². The van der Waals surface area contributed by atoms with Crippen molar-refractivity contribution in [3.63, 3.8) is 0 Å². The van der Waals surface area contributed by atoms with E-state index in [1.807, 2.05) is 20.8 Å². The molecule has 0 saturated carbocycles. The third-order valence-electron chi connectivity index (χ3n) is 2.51. The monoisotopic (exact) mass is 244 g/mol. The predicted octanol–water partition coefficient (Wildman–Crippen LogP) is 1.78. The molecular formula is C12H24N2O3. The maximum Gasteiger partial charge on any atom is 0.317 e. The molecule has 0 aliphatic heterocycles. The van der Waals surface area contributed by atoms with Crippen LogP contribution in [-0.4, -0.2) is 42.1 Å². The van der Waals surface area contributed by atoms with Crippen molar-refractivity contribution in [1.29, 1.82) is 0 Å². The molecule has 0 rings (SSSR count). The molecule has 0 fully saturated rings. The Morgan fingerprint density at radius 1 is 1.35 bits per heavy atom. The number of aliphatic carboxylic acids is 1. The van der Waals surface area contributed by atoms with Gasteiger partial charge in [-0.25, -0.2) is 4.79 Å². The van der Waals surface area contributed by atoms with E-state index in [0.717, 1.165) is 6.42 Å². The molecule has 5 heteroatoms. The average Bonchev–Trinajstić information content (AvgIpc) is 2.23. The number of carbonyl (C=O) groups excluding carboxylic acids is 1. The summed E-state index contributed by atoms with van der Waals surface area (Å²) in [7, 11) is 1.71. The number of rotatable bonds is 7. The highest BCUT2D eigenvalue weighted by Gasteiger charge is 2.20. The smallest absolute Gasteiger partial charge is 0.317 e. The van der Waals surface area contributed by atoms with Crippen molar-refractivity contribution in [3.05, 3.63) is 0 Å². The Morgan fingerprint density at radius 2 is 1.94 bits per heavy atom. The highest BCUT2D eigenvalue weighted by Crippen LogP contribution is 2.11. The van der Waals surface area contributed by atoms with E-state index in [-0.39, 0.29) is 12.6 Å². The van der Waals surface area contributed by atoms with Crippen molar-refractivity contribution in [1.82, 2.24) is 10.2 Å². The zero-order chi connectivity index (χ0) is 13.4. The van der Waals surface area contributed by atoms with E-state index >= 15 is 0 Å². The molecule has 0 aliphatic carbocycles. The summed E-state index contributed by atoms with van der Waals surface area (Å²) in [5, 5.41) is 11.7. The second-order valence-corrected chi connectivity index (χ2v) is 4.77. The van der Waals surface area contributed by atoms with Gasteiger partial charge < -0.3 is 15.3 Å². The number of nitrogens with one attached hydrogen (secondary N) is 1. The van der Waals surface area contributed by atoms with Crippen LogP contribution in [0, 0.1) is 11.8 Å². The number of nitrogens with zero attached hydrogens (tertiary/aromatic N) is 1. The van der Waals surface area contributed by atoms with E-state index in [9.17, 15) is 9.59 Å². The number of carboxylic acids is 1. The van der Waals surface area contributed by atoms with Crippen LogP contribution in [0.3, 0.4) is 0 Å². The van der Waals surface area contributed by atoms with Crippen molar-refractivity contribution >= 4 is 12.0 Å². The summed E-state index contributed by atoms with van der Waals surface area (Å²) in [5.74, 6) is -1.05. The Kier molecular flexibility index (Phi) is 7.34. The van der Waals surface area contributed by atoms with E-state index in [0.29, 0.717) is 18.9 Å². The summed E-state index contributed by atoms with van der Waals surface area (Å²) < 4.78 is 0. The Morgan fingerprint density at radius 3 is 2.35 bits per heavy atom. The Hall–Kier alpha value is -1.26. The summed E-state index contributed by atoms with van der Waals surface area (Å²) >= 11 is 0. The van der Waals surface area contributed by atoms with Crippen LogP contribution in [0.5, 0.6) is 0 Å². The molecule has 1 atom stereocenters. The van der Waals surface area contributed by atoms with Crippen LogP contribution in [-0.2, 0) is 4.79 Å². The summed E-state index contributed by atoms with van der Waals surface area (Å²) in [6.45, 7) is 6.80. The standard InChI is InChI=1S/C12H24N2O3/c1-5-6-14(4)12(17)13-8-10(11(15)16)7-9(2)3/h9-10H,5-8H2,1-4H3,(H,13,17)(H,15,16)/t10-/m1/s1. The maximum atomic E-state index is 11.6. The average molecular weight is 244 g/mol. The van der Waals surface area contributed by atoms with Crippen LogP contribution < -0.4 is 5.32 Å². The fraction of sp³-hybridized carbons (Fsp3) is 0.833. The first-order valence-corrected chi connectivity index (χ1v) is 6.10. The topological polar surface area (TPSA) is 69.6 Å². The highest BCUT2D eigenvalue weighted by atomic mass is 16.4. The molecule has 0 bridgehead atoms. The lowest BCUT2D eigenvalue weighted by Gasteiger charge is -2.20. The third kappa shape index (κ3) is 6.81.